The lowest BCUT2D eigenvalue weighted by Crippen LogP contribution is -2.17. The molecule has 1 aromatic heterocycles. The fraction of sp³-hybridized carbons (Fsp3) is 0.241. The predicted molar refractivity (Wildman–Crippen MR) is 139 cm³/mol. The van der Waals surface area contributed by atoms with Gasteiger partial charge in [-0.3, -0.25) is 9.59 Å². The largest absolute Gasteiger partial charge is 0.481 e. The van der Waals surface area contributed by atoms with Gasteiger partial charge >= 0.3 is 5.97 Å². The number of carboxylic acids is 1. The lowest BCUT2D eigenvalue weighted by Gasteiger charge is -2.24. The summed E-state index contributed by atoms with van der Waals surface area (Å²) < 4.78 is 18.9. The summed E-state index contributed by atoms with van der Waals surface area (Å²) in [6.45, 7) is 4.23. The SMILES string of the molecule is CC(C)C(Nc1ccc(-c2nnc(-c3ccc(F)cc3)o2)cc1)c1ccc(C(=O)CCCC(=O)O)cc1. The maximum atomic E-state index is 13.2. The molecule has 0 amide bonds. The van der Waals surface area contributed by atoms with E-state index in [2.05, 4.69) is 29.4 Å². The number of carbonyl (C=O) groups excluding carboxylic acids is 1. The average Bonchev–Trinajstić information content (AvgIpc) is 3.38. The van der Waals surface area contributed by atoms with Crippen LogP contribution in [0.4, 0.5) is 10.1 Å². The third kappa shape index (κ3) is 6.67. The van der Waals surface area contributed by atoms with Crippen LogP contribution in [0.15, 0.2) is 77.2 Å². The molecule has 0 aliphatic carbocycles. The van der Waals surface area contributed by atoms with Gasteiger partial charge in [0.05, 0.1) is 6.04 Å². The summed E-state index contributed by atoms with van der Waals surface area (Å²) in [7, 11) is 0. The summed E-state index contributed by atoms with van der Waals surface area (Å²) in [5.74, 6) is -0.319. The molecule has 2 N–H and O–H groups in total. The van der Waals surface area contributed by atoms with Gasteiger partial charge in [0, 0.05) is 35.2 Å². The van der Waals surface area contributed by atoms with E-state index in [1.807, 2.05) is 36.4 Å². The number of benzene rings is 3. The maximum Gasteiger partial charge on any atom is 0.303 e. The monoisotopic (exact) mass is 501 g/mol. The molecule has 7 nitrogen and oxygen atoms in total. The molecule has 3 aromatic carbocycles. The summed E-state index contributed by atoms with van der Waals surface area (Å²) in [6.07, 6.45) is 0.540. The van der Waals surface area contributed by atoms with Crippen LogP contribution < -0.4 is 5.32 Å². The van der Waals surface area contributed by atoms with E-state index in [9.17, 15) is 14.0 Å². The number of nitrogens with zero attached hydrogens (tertiary/aromatic N) is 2. The van der Waals surface area contributed by atoms with E-state index in [0.29, 0.717) is 29.3 Å². The van der Waals surface area contributed by atoms with Gasteiger partial charge in [-0.25, -0.2) is 4.39 Å². The van der Waals surface area contributed by atoms with Crippen LogP contribution in [0.25, 0.3) is 22.9 Å². The number of nitrogens with one attached hydrogen (secondary N) is 1. The summed E-state index contributed by atoms with van der Waals surface area (Å²) >= 11 is 0. The topological polar surface area (TPSA) is 105 Å². The molecule has 0 fully saturated rings. The van der Waals surface area contributed by atoms with E-state index in [-0.39, 0.29) is 36.4 Å². The number of carboxylic acid groups (broad SMARTS) is 1. The first-order valence-corrected chi connectivity index (χ1v) is 12.1. The molecule has 0 saturated carbocycles. The fourth-order valence-corrected chi connectivity index (χ4v) is 3.99. The zero-order valence-electron chi connectivity index (χ0n) is 20.6. The fourth-order valence-electron chi connectivity index (χ4n) is 3.99. The lowest BCUT2D eigenvalue weighted by molar-refractivity contribution is -0.137. The Balaban J connectivity index is 1.42. The number of rotatable bonds is 11. The third-order valence-electron chi connectivity index (χ3n) is 6.02. The zero-order valence-corrected chi connectivity index (χ0v) is 20.6. The van der Waals surface area contributed by atoms with Gasteiger partial charge < -0.3 is 14.8 Å². The molecule has 8 heteroatoms. The van der Waals surface area contributed by atoms with Crippen LogP contribution in [0.1, 0.15) is 55.1 Å². The molecule has 0 aliphatic heterocycles. The molecule has 0 aliphatic rings. The number of Topliss-reactive ketones (excluding diaryl/α,β-unsaturated/α-hetero) is 1. The lowest BCUT2D eigenvalue weighted by atomic mass is 9.94. The average molecular weight is 502 g/mol. The number of aromatic nitrogens is 2. The van der Waals surface area contributed by atoms with E-state index in [4.69, 9.17) is 9.52 Å². The second-order valence-corrected chi connectivity index (χ2v) is 9.16. The normalized spacial score (nSPS) is 11.9. The van der Waals surface area contributed by atoms with Crippen LogP contribution in [-0.4, -0.2) is 27.1 Å². The van der Waals surface area contributed by atoms with Crippen molar-refractivity contribution in [3.63, 3.8) is 0 Å². The molecule has 0 radical (unpaired) electrons. The van der Waals surface area contributed by atoms with Gasteiger partial charge in [0.2, 0.25) is 11.8 Å². The molecule has 1 unspecified atom stereocenters. The van der Waals surface area contributed by atoms with Crippen molar-refractivity contribution in [2.24, 2.45) is 5.92 Å². The Morgan fingerprint density at radius 2 is 1.43 bits per heavy atom. The van der Waals surface area contributed by atoms with Gasteiger partial charge in [0.15, 0.2) is 5.78 Å². The smallest absolute Gasteiger partial charge is 0.303 e. The molecular formula is C29H28FN3O4. The maximum absolute atomic E-state index is 13.2. The first-order valence-electron chi connectivity index (χ1n) is 12.1. The van der Waals surface area contributed by atoms with Crippen molar-refractivity contribution in [1.29, 1.82) is 0 Å². The highest BCUT2D eigenvalue weighted by Crippen LogP contribution is 2.29. The van der Waals surface area contributed by atoms with Gasteiger partial charge in [0.1, 0.15) is 5.82 Å². The highest BCUT2D eigenvalue weighted by Gasteiger charge is 2.17. The molecular weight excluding hydrogens is 473 g/mol. The number of ketones is 1. The number of halogens is 1. The molecule has 1 atom stereocenters. The number of carbonyl (C=O) groups is 2. The van der Waals surface area contributed by atoms with Crippen LogP contribution in [0.3, 0.4) is 0 Å². The summed E-state index contributed by atoms with van der Waals surface area (Å²) in [6, 6.07) is 21.0. The summed E-state index contributed by atoms with van der Waals surface area (Å²) in [5, 5.41) is 20.5. The first-order chi connectivity index (χ1) is 17.8. The van der Waals surface area contributed by atoms with Gasteiger partial charge in [0.25, 0.3) is 0 Å². The summed E-state index contributed by atoms with van der Waals surface area (Å²) in [4.78, 5) is 23.0. The van der Waals surface area contributed by atoms with E-state index < -0.39 is 5.97 Å². The number of anilines is 1. The van der Waals surface area contributed by atoms with Crippen molar-refractivity contribution >= 4 is 17.4 Å². The van der Waals surface area contributed by atoms with Crippen LogP contribution in [0.2, 0.25) is 0 Å². The van der Waals surface area contributed by atoms with Crippen molar-refractivity contribution in [3.8, 4) is 22.9 Å². The zero-order chi connectivity index (χ0) is 26.4. The van der Waals surface area contributed by atoms with Crippen molar-refractivity contribution < 1.29 is 23.5 Å². The van der Waals surface area contributed by atoms with Crippen LogP contribution >= 0.6 is 0 Å². The van der Waals surface area contributed by atoms with E-state index in [0.717, 1.165) is 16.8 Å². The van der Waals surface area contributed by atoms with Crippen molar-refractivity contribution in [2.75, 3.05) is 5.32 Å². The van der Waals surface area contributed by atoms with Crippen LogP contribution in [-0.2, 0) is 4.79 Å². The van der Waals surface area contributed by atoms with Crippen molar-refractivity contribution in [1.82, 2.24) is 10.2 Å². The molecule has 37 heavy (non-hydrogen) atoms. The van der Waals surface area contributed by atoms with Crippen LogP contribution in [0, 0.1) is 11.7 Å². The third-order valence-corrected chi connectivity index (χ3v) is 6.02. The van der Waals surface area contributed by atoms with Crippen molar-refractivity contribution in [2.45, 2.75) is 39.2 Å². The van der Waals surface area contributed by atoms with E-state index in [1.165, 1.54) is 12.1 Å². The Kier molecular flexibility index (Phi) is 8.08. The molecule has 0 spiro atoms. The molecule has 4 rings (SSSR count). The van der Waals surface area contributed by atoms with Gasteiger partial charge in [-0.15, -0.1) is 10.2 Å². The minimum atomic E-state index is -0.895. The minimum Gasteiger partial charge on any atom is -0.481 e. The Labute approximate surface area is 214 Å². The van der Waals surface area contributed by atoms with Gasteiger partial charge in [-0.05, 0) is 66.4 Å². The Bertz CT molecular complexity index is 1350. The van der Waals surface area contributed by atoms with Crippen molar-refractivity contribution in [3.05, 3.63) is 89.7 Å². The van der Waals surface area contributed by atoms with Gasteiger partial charge in [-0.1, -0.05) is 38.1 Å². The Hall–Kier alpha value is -4.33. The van der Waals surface area contributed by atoms with Gasteiger partial charge in [-0.2, -0.15) is 0 Å². The predicted octanol–water partition coefficient (Wildman–Crippen LogP) is 6.79. The van der Waals surface area contributed by atoms with E-state index in [1.54, 1.807) is 24.3 Å². The molecule has 0 bridgehead atoms. The highest BCUT2D eigenvalue weighted by atomic mass is 19.1. The molecule has 190 valence electrons. The molecule has 4 aromatic rings. The number of hydrogen-bond acceptors (Lipinski definition) is 6. The highest BCUT2D eigenvalue weighted by molar-refractivity contribution is 5.96. The Morgan fingerprint density at radius 1 is 0.865 bits per heavy atom. The molecule has 0 saturated heterocycles. The number of hydrogen-bond donors (Lipinski definition) is 2. The van der Waals surface area contributed by atoms with E-state index >= 15 is 0 Å². The molecule has 1 heterocycles. The quantitative estimate of drug-likeness (QED) is 0.218. The first kappa shape index (κ1) is 25.8. The van der Waals surface area contributed by atoms with Crippen LogP contribution in [0.5, 0.6) is 0 Å². The standard InChI is InChI=1S/C29H28FN3O4/c1-18(2)27(20-8-6-19(7-9-20)25(34)4-3-5-26(35)36)31-24-16-12-22(13-17-24)29-33-32-28(37-29)21-10-14-23(30)15-11-21/h6-18,27,31H,3-5H2,1-2H3,(H,35,36). The second-order valence-electron chi connectivity index (χ2n) is 9.16. The second kappa shape index (κ2) is 11.6. The minimum absolute atomic E-state index is 0.00972. The summed E-state index contributed by atoms with van der Waals surface area (Å²) in [5.41, 5.74) is 3.95. The number of aliphatic carboxylic acids is 1. The Morgan fingerprint density at radius 3 is 1.97 bits per heavy atom.